The van der Waals surface area contributed by atoms with E-state index >= 15 is 0 Å². The average Bonchev–Trinajstić information content (AvgIpc) is 2.29. The van der Waals surface area contributed by atoms with Crippen molar-refractivity contribution in [3.63, 3.8) is 0 Å². The summed E-state index contributed by atoms with van der Waals surface area (Å²) >= 11 is 0. The molecule has 5 heteroatoms. The van der Waals surface area contributed by atoms with Gasteiger partial charge in [-0.15, -0.1) is 0 Å². The maximum absolute atomic E-state index is 11.5. The minimum atomic E-state index is -0.0767. The first-order valence-electron chi connectivity index (χ1n) is 5.68. The monoisotopic (exact) mass is 298 g/mol. The van der Waals surface area contributed by atoms with Gasteiger partial charge in [-0.05, 0) is 19.4 Å². The van der Waals surface area contributed by atoms with Crippen molar-refractivity contribution in [1.82, 2.24) is 9.80 Å². The van der Waals surface area contributed by atoms with Crippen LogP contribution in [-0.2, 0) is 42.3 Å². The van der Waals surface area contributed by atoms with Gasteiger partial charge < -0.3 is 9.69 Å². The van der Waals surface area contributed by atoms with Crippen LogP contribution in [0.25, 0.3) is 0 Å². The second-order valence-corrected chi connectivity index (χ2v) is 4.35. The number of piperidine rings is 1. The fraction of sp³-hybridized carbons (Fsp3) is 0.818. The molecule has 0 aromatic heterocycles. The summed E-state index contributed by atoms with van der Waals surface area (Å²) in [6.07, 6.45) is 5.35. The molecular formula is C11H17N2O2Y-. The molecule has 1 amide bonds. The van der Waals surface area contributed by atoms with Gasteiger partial charge in [0.05, 0.1) is 0 Å². The van der Waals surface area contributed by atoms with Crippen molar-refractivity contribution in [3.8, 4) is 0 Å². The Labute approximate surface area is 122 Å². The summed E-state index contributed by atoms with van der Waals surface area (Å²) in [6, 6.07) is 0.531. The molecule has 2 heterocycles. The van der Waals surface area contributed by atoms with Gasteiger partial charge in [-0.1, -0.05) is 12.8 Å². The third-order valence-corrected chi connectivity index (χ3v) is 3.41. The maximum atomic E-state index is 11.5. The number of hydrogen-bond donors (Lipinski definition) is 0. The fourth-order valence-corrected chi connectivity index (χ4v) is 2.56. The number of nitrogens with zero attached hydrogens (tertiary/aromatic N) is 2. The molecule has 0 aromatic rings. The topological polar surface area (TPSA) is 40.6 Å². The summed E-state index contributed by atoms with van der Waals surface area (Å²) in [5, 5.41) is 0. The SMILES string of the molecule is O=[C-]CC(=O)N1CCN2CCCCC2C1.[Y]. The van der Waals surface area contributed by atoms with Crippen LogP contribution in [0.15, 0.2) is 0 Å². The second-order valence-electron chi connectivity index (χ2n) is 4.35. The van der Waals surface area contributed by atoms with E-state index in [2.05, 4.69) is 4.90 Å². The summed E-state index contributed by atoms with van der Waals surface area (Å²) in [5.41, 5.74) is 0. The van der Waals surface area contributed by atoms with Crippen molar-refractivity contribution in [1.29, 1.82) is 0 Å². The van der Waals surface area contributed by atoms with Gasteiger partial charge in [0.1, 0.15) is 0 Å². The van der Waals surface area contributed by atoms with E-state index in [9.17, 15) is 9.59 Å². The van der Waals surface area contributed by atoms with Crippen LogP contribution in [0.3, 0.4) is 0 Å². The van der Waals surface area contributed by atoms with E-state index in [1.165, 1.54) is 25.8 Å². The van der Waals surface area contributed by atoms with E-state index < -0.39 is 0 Å². The van der Waals surface area contributed by atoms with Gasteiger partial charge in [0.15, 0.2) is 5.91 Å². The molecule has 2 rings (SSSR count). The van der Waals surface area contributed by atoms with Crippen LogP contribution in [0.4, 0.5) is 0 Å². The first-order valence-corrected chi connectivity index (χ1v) is 5.68. The van der Waals surface area contributed by atoms with Crippen LogP contribution in [0.5, 0.6) is 0 Å². The van der Waals surface area contributed by atoms with Gasteiger partial charge in [-0.3, -0.25) is 16.0 Å². The molecule has 0 spiro atoms. The van der Waals surface area contributed by atoms with Crippen LogP contribution < -0.4 is 0 Å². The van der Waals surface area contributed by atoms with Crippen molar-refractivity contribution < 1.29 is 42.3 Å². The summed E-state index contributed by atoms with van der Waals surface area (Å²) in [5.74, 6) is -0.0600. The van der Waals surface area contributed by atoms with Crippen molar-refractivity contribution in [2.45, 2.75) is 31.7 Å². The molecule has 2 saturated heterocycles. The standard InChI is InChI=1S/C11H17N2O2.Y/c14-8-4-11(15)13-7-6-12-5-2-1-3-10(12)9-13;/h10H,1-7,9H2;/q-1;. The van der Waals surface area contributed by atoms with E-state index in [-0.39, 0.29) is 45.0 Å². The van der Waals surface area contributed by atoms with Crippen molar-refractivity contribution in [2.75, 3.05) is 26.2 Å². The maximum Gasteiger partial charge on any atom is 0.196 e. The molecule has 2 aliphatic rings. The predicted octanol–water partition coefficient (Wildman–Crippen LogP) is 0.180. The Morgan fingerprint density at radius 1 is 1.25 bits per heavy atom. The van der Waals surface area contributed by atoms with Gasteiger partial charge in [0.2, 0.25) is 0 Å². The molecule has 1 unspecified atom stereocenters. The van der Waals surface area contributed by atoms with Crippen LogP contribution in [0.2, 0.25) is 0 Å². The zero-order chi connectivity index (χ0) is 10.7. The first kappa shape index (κ1) is 14.3. The molecule has 0 N–H and O–H groups in total. The molecule has 0 saturated carbocycles. The number of carbonyl (C=O) groups is 1. The number of amides is 1. The van der Waals surface area contributed by atoms with Crippen molar-refractivity contribution >= 4 is 12.2 Å². The molecule has 0 aliphatic carbocycles. The zero-order valence-corrected chi connectivity index (χ0v) is 12.4. The Morgan fingerprint density at radius 2 is 2.06 bits per heavy atom. The number of fused-ring (bicyclic) bond motifs is 1. The molecule has 2 fully saturated rings. The molecule has 1 atom stereocenters. The Morgan fingerprint density at radius 3 is 2.81 bits per heavy atom. The quantitative estimate of drug-likeness (QED) is 0.539. The zero-order valence-electron chi connectivity index (χ0n) is 9.52. The molecule has 87 valence electrons. The summed E-state index contributed by atoms with van der Waals surface area (Å²) in [7, 11) is 0. The molecule has 4 nitrogen and oxygen atoms in total. The molecule has 0 bridgehead atoms. The molecule has 0 aromatic carbocycles. The summed E-state index contributed by atoms with van der Waals surface area (Å²) < 4.78 is 0. The summed E-state index contributed by atoms with van der Waals surface area (Å²) in [6.45, 7) is 3.72. The largest absolute Gasteiger partial charge is 0.541 e. The number of hydrogen-bond acceptors (Lipinski definition) is 3. The smallest absolute Gasteiger partial charge is 0.196 e. The molecule has 1 radical (unpaired) electrons. The van der Waals surface area contributed by atoms with Crippen molar-refractivity contribution in [2.24, 2.45) is 0 Å². The van der Waals surface area contributed by atoms with Gasteiger partial charge >= 0.3 is 0 Å². The Kier molecular flexibility index (Phi) is 6.08. The van der Waals surface area contributed by atoms with E-state index in [0.717, 1.165) is 19.6 Å². The molecule has 16 heavy (non-hydrogen) atoms. The van der Waals surface area contributed by atoms with Crippen LogP contribution in [0, 0.1) is 0 Å². The van der Waals surface area contributed by atoms with Gasteiger partial charge in [0, 0.05) is 58.4 Å². The minimum absolute atomic E-state index is 0. The normalized spacial score (nSPS) is 25.5. The first-order chi connectivity index (χ1) is 7.31. The Balaban J connectivity index is 0.00000128. The third kappa shape index (κ3) is 3.35. The third-order valence-electron chi connectivity index (χ3n) is 3.41. The van der Waals surface area contributed by atoms with Crippen LogP contribution >= 0.6 is 0 Å². The number of carbonyl (C=O) groups excluding carboxylic acids is 2. The van der Waals surface area contributed by atoms with Gasteiger partial charge in [-0.2, -0.15) is 0 Å². The van der Waals surface area contributed by atoms with Crippen LogP contribution in [0.1, 0.15) is 25.7 Å². The minimum Gasteiger partial charge on any atom is -0.541 e. The Hall–Kier alpha value is 0.204. The average molecular weight is 298 g/mol. The molecular weight excluding hydrogens is 281 g/mol. The van der Waals surface area contributed by atoms with Crippen molar-refractivity contribution in [3.05, 3.63) is 0 Å². The van der Waals surface area contributed by atoms with E-state index in [4.69, 9.17) is 0 Å². The van der Waals surface area contributed by atoms with E-state index in [1.54, 1.807) is 6.29 Å². The van der Waals surface area contributed by atoms with Gasteiger partial charge in [-0.25, -0.2) is 0 Å². The van der Waals surface area contributed by atoms with Crippen LogP contribution in [-0.4, -0.2) is 54.2 Å². The summed E-state index contributed by atoms with van der Waals surface area (Å²) in [4.78, 5) is 26.0. The van der Waals surface area contributed by atoms with E-state index in [1.807, 2.05) is 4.90 Å². The predicted molar refractivity (Wildman–Crippen MR) is 56.1 cm³/mol. The second kappa shape index (κ2) is 6.82. The number of rotatable bonds is 2. The van der Waals surface area contributed by atoms with Gasteiger partial charge in [0.25, 0.3) is 0 Å². The van der Waals surface area contributed by atoms with E-state index in [0.29, 0.717) is 6.04 Å². The Bertz CT molecular complexity index is 260. The molecule has 2 aliphatic heterocycles. The fourth-order valence-electron chi connectivity index (χ4n) is 2.56. The number of piperazine rings is 1.